The molecule has 0 bridgehead atoms. The topological polar surface area (TPSA) is 29.5 Å². The maximum atomic E-state index is 12.2. The second-order valence-corrected chi connectivity index (χ2v) is 5.26. The van der Waals surface area contributed by atoms with Crippen molar-refractivity contribution >= 4 is 12.0 Å². The van der Waals surface area contributed by atoms with Crippen LogP contribution in [0.4, 0.5) is 0 Å². The first-order valence-electron chi connectivity index (χ1n) is 7.22. The summed E-state index contributed by atoms with van der Waals surface area (Å²) < 4.78 is 5.27. The van der Waals surface area contributed by atoms with Gasteiger partial charge in [-0.1, -0.05) is 48.0 Å². The molecular formula is C19H21NO2. The van der Waals surface area contributed by atoms with Crippen molar-refractivity contribution in [1.29, 1.82) is 0 Å². The van der Waals surface area contributed by atoms with E-state index in [2.05, 4.69) is 19.1 Å². The standard InChI is InChI=1S/C19H21NO2/c1-15-8-10-16(11-9-15)14-20(2)19(21)13-12-17-6-4-5-7-18(17)22-3/h4-13H,14H2,1-3H3/b13-12+. The molecule has 114 valence electrons. The summed E-state index contributed by atoms with van der Waals surface area (Å²) in [5.74, 6) is 0.721. The molecule has 0 saturated carbocycles. The van der Waals surface area contributed by atoms with Crippen molar-refractivity contribution in [3.63, 3.8) is 0 Å². The monoisotopic (exact) mass is 295 g/mol. The Morgan fingerprint density at radius 3 is 2.50 bits per heavy atom. The lowest BCUT2D eigenvalue weighted by molar-refractivity contribution is -0.125. The third-order valence-corrected chi connectivity index (χ3v) is 3.46. The minimum absolute atomic E-state index is 0.0357. The summed E-state index contributed by atoms with van der Waals surface area (Å²) in [4.78, 5) is 13.9. The quantitative estimate of drug-likeness (QED) is 0.788. The van der Waals surface area contributed by atoms with Gasteiger partial charge < -0.3 is 9.64 Å². The van der Waals surface area contributed by atoms with Crippen molar-refractivity contribution in [2.45, 2.75) is 13.5 Å². The number of hydrogen-bond acceptors (Lipinski definition) is 2. The Balaban J connectivity index is 2.01. The van der Waals surface area contributed by atoms with Gasteiger partial charge in [0.25, 0.3) is 0 Å². The van der Waals surface area contributed by atoms with Crippen LogP contribution in [0.15, 0.2) is 54.6 Å². The Morgan fingerprint density at radius 1 is 1.14 bits per heavy atom. The molecule has 0 aromatic heterocycles. The highest BCUT2D eigenvalue weighted by Crippen LogP contribution is 2.18. The van der Waals surface area contributed by atoms with Crippen molar-refractivity contribution in [2.24, 2.45) is 0 Å². The average Bonchev–Trinajstić information content (AvgIpc) is 2.54. The fraction of sp³-hybridized carbons (Fsp3) is 0.211. The van der Waals surface area contributed by atoms with Crippen LogP contribution in [0.5, 0.6) is 5.75 Å². The summed E-state index contributed by atoms with van der Waals surface area (Å²) in [6, 6.07) is 15.8. The van der Waals surface area contributed by atoms with E-state index in [0.29, 0.717) is 6.54 Å². The van der Waals surface area contributed by atoms with E-state index in [1.807, 2.05) is 36.4 Å². The number of likely N-dealkylation sites (N-methyl/N-ethyl adjacent to an activating group) is 1. The van der Waals surface area contributed by atoms with Crippen LogP contribution in [-0.4, -0.2) is 25.0 Å². The van der Waals surface area contributed by atoms with E-state index >= 15 is 0 Å². The molecule has 22 heavy (non-hydrogen) atoms. The number of hydrogen-bond donors (Lipinski definition) is 0. The summed E-state index contributed by atoms with van der Waals surface area (Å²) in [5.41, 5.74) is 3.23. The zero-order valence-electron chi connectivity index (χ0n) is 13.2. The summed E-state index contributed by atoms with van der Waals surface area (Å²) in [7, 11) is 3.42. The second kappa shape index (κ2) is 7.46. The van der Waals surface area contributed by atoms with Crippen LogP contribution in [-0.2, 0) is 11.3 Å². The first-order chi connectivity index (χ1) is 10.6. The molecule has 2 aromatic carbocycles. The SMILES string of the molecule is COc1ccccc1/C=C/C(=O)N(C)Cc1ccc(C)cc1. The van der Waals surface area contributed by atoms with Gasteiger partial charge in [0.1, 0.15) is 5.75 Å². The van der Waals surface area contributed by atoms with Gasteiger partial charge in [0.05, 0.1) is 7.11 Å². The van der Waals surface area contributed by atoms with Gasteiger partial charge in [-0.25, -0.2) is 0 Å². The number of carbonyl (C=O) groups excluding carboxylic acids is 1. The van der Waals surface area contributed by atoms with E-state index in [1.54, 1.807) is 31.2 Å². The van der Waals surface area contributed by atoms with E-state index in [0.717, 1.165) is 16.9 Å². The lowest BCUT2D eigenvalue weighted by Gasteiger charge is -2.15. The predicted molar refractivity (Wildman–Crippen MR) is 89.7 cm³/mol. The van der Waals surface area contributed by atoms with Gasteiger partial charge in [-0.3, -0.25) is 4.79 Å². The Kier molecular flexibility index (Phi) is 5.37. The third kappa shape index (κ3) is 4.22. The number of benzene rings is 2. The second-order valence-electron chi connectivity index (χ2n) is 5.26. The number of carbonyl (C=O) groups is 1. The smallest absolute Gasteiger partial charge is 0.246 e. The maximum Gasteiger partial charge on any atom is 0.246 e. The number of amides is 1. The van der Waals surface area contributed by atoms with Gasteiger partial charge in [0.2, 0.25) is 5.91 Å². The number of aryl methyl sites for hydroxylation is 1. The molecule has 0 aliphatic heterocycles. The van der Waals surface area contributed by atoms with E-state index in [-0.39, 0.29) is 5.91 Å². The van der Waals surface area contributed by atoms with Crippen molar-refractivity contribution in [2.75, 3.05) is 14.2 Å². The highest BCUT2D eigenvalue weighted by molar-refractivity contribution is 5.92. The van der Waals surface area contributed by atoms with E-state index in [9.17, 15) is 4.79 Å². The van der Waals surface area contributed by atoms with Gasteiger partial charge >= 0.3 is 0 Å². The molecule has 1 amide bonds. The first-order valence-corrected chi connectivity index (χ1v) is 7.22. The Hall–Kier alpha value is -2.55. The number of rotatable bonds is 5. The van der Waals surface area contributed by atoms with E-state index in [4.69, 9.17) is 4.74 Å². The molecule has 2 rings (SSSR count). The van der Waals surface area contributed by atoms with Gasteiger partial charge in [0.15, 0.2) is 0 Å². The molecule has 0 radical (unpaired) electrons. The van der Waals surface area contributed by atoms with Crippen molar-refractivity contribution < 1.29 is 9.53 Å². The highest BCUT2D eigenvalue weighted by Gasteiger charge is 2.06. The molecule has 3 nitrogen and oxygen atoms in total. The van der Waals surface area contributed by atoms with Crippen LogP contribution in [0.3, 0.4) is 0 Å². The molecule has 3 heteroatoms. The van der Waals surface area contributed by atoms with Crippen LogP contribution in [0.1, 0.15) is 16.7 Å². The van der Waals surface area contributed by atoms with Gasteiger partial charge in [0, 0.05) is 25.2 Å². The van der Waals surface area contributed by atoms with Crippen molar-refractivity contribution in [3.8, 4) is 5.75 Å². The molecule has 0 fully saturated rings. The molecule has 0 heterocycles. The molecule has 0 unspecified atom stereocenters. The Bertz CT molecular complexity index is 659. The first kappa shape index (κ1) is 15.8. The zero-order chi connectivity index (χ0) is 15.9. The predicted octanol–water partition coefficient (Wildman–Crippen LogP) is 3.68. The Morgan fingerprint density at radius 2 is 1.82 bits per heavy atom. The fourth-order valence-corrected chi connectivity index (χ4v) is 2.14. The average molecular weight is 295 g/mol. The summed E-state index contributed by atoms with van der Waals surface area (Å²) in [6.07, 6.45) is 3.36. The molecule has 0 spiro atoms. The summed E-state index contributed by atoms with van der Waals surface area (Å²) in [6.45, 7) is 2.64. The molecule has 2 aromatic rings. The highest BCUT2D eigenvalue weighted by atomic mass is 16.5. The minimum atomic E-state index is -0.0357. The molecular weight excluding hydrogens is 274 g/mol. The summed E-state index contributed by atoms with van der Waals surface area (Å²) in [5, 5.41) is 0. The van der Waals surface area contributed by atoms with Crippen LogP contribution in [0.25, 0.3) is 6.08 Å². The zero-order valence-corrected chi connectivity index (χ0v) is 13.2. The molecule has 0 aliphatic rings. The largest absolute Gasteiger partial charge is 0.496 e. The van der Waals surface area contributed by atoms with Gasteiger partial charge in [-0.05, 0) is 24.6 Å². The van der Waals surface area contributed by atoms with Gasteiger partial charge in [-0.2, -0.15) is 0 Å². The number of methoxy groups -OCH3 is 1. The molecule has 0 N–H and O–H groups in total. The van der Waals surface area contributed by atoms with Gasteiger partial charge in [-0.15, -0.1) is 0 Å². The van der Waals surface area contributed by atoms with Crippen LogP contribution >= 0.6 is 0 Å². The van der Waals surface area contributed by atoms with E-state index < -0.39 is 0 Å². The maximum absolute atomic E-state index is 12.2. The fourth-order valence-electron chi connectivity index (χ4n) is 2.14. The van der Waals surface area contributed by atoms with E-state index in [1.165, 1.54) is 5.56 Å². The number of ether oxygens (including phenoxy) is 1. The van der Waals surface area contributed by atoms with Crippen LogP contribution in [0, 0.1) is 6.92 Å². The number of para-hydroxylation sites is 1. The van der Waals surface area contributed by atoms with Crippen LogP contribution < -0.4 is 4.74 Å². The molecule has 0 atom stereocenters. The third-order valence-electron chi connectivity index (χ3n) is 3.46. The lowest BCUT2D eigenvalue weighted by Crippen LogP contribution is -2.24. The van der Waals surface area contributed by atoms with Crippen molar-refractivity contribution in [3.05, 3.63) is 71.3 Å². The Labute approximate surface area is 131 Å². The molecule has 0 aliphatic carbocycles. The normalized spacial score (nSPS) is 10.7. The number of nitrogens with zero attached hydrogens (tertiary/aromatic N) is 1. The molecule has 0 saturated heterocycles. The lowest BCUT2D eigenvalue weighted by atomic mass is 10.1. The summed E-state index contributed by atoms with van der Waals surface area (Å²) >= 11 is 0. The van der Waals surface area contributed by atoms with Crippen LogP contribution in [0.2, 0.25) is 0 Å². The van der Waals surface area contributed by atoms with Crippen molar-refractivity contribution in [1.82, 2.24) is 4.90 Å². The minimum Gasteiger partial charge on any atom is -0.496 e.